The third-order valence-electron chi connectivity index (χ3n) is 6.18. The van der Waals surface area contributed by atoms with E-state index >= 15 is 0 Å². The van der Waals surface area contributed by atoms with E-state index in [9.17, 15) is 8.42 Å². The minimum Gasteiger partial charge on any atom is -0.493 e. The molecule has 36 heavy (non-hydrogen) atoms. The maximum Gasteiger partial charge on any atom is 0.269 e. The van der Waals surface area contributed by atoms with Crippen molar-refractivity contribution in [3.8, 4) is 22.8 Å². The molecular formula is C27H27N3O5S. The molecular weight excluding hydrogens is 478 g/mol. The lowest BCUT2D eigenvalue weighted by molar-refractivity contribution is 0.144. The fourth-order valence-corrected chi connectivity index (χ4v) is 5.84. The van der Waals surface area contributed by atoms with E-state index in [-0.39, 0.29) is 4.90 Å². The number of hydrogen-bond donors (Lipinski definition) is 0. The Labute approximate surface area is 209 Å². The number of benzene rings is 2. The van der Waals surface area contributed by atoms with Gasteiger partial charge in [-0.1, -0.05) is 17.7 Å². The van der Waals surface area contributed by atoms with Crippen LogP contribution in [0.3, 0.4) is 0 Å². The van der Waals surface area contributed by atoms with Crippen LogP contribution in [-0.4, -0.2) is 49.4 Å². The van der Waals surface area contributed by atoms with E-state index in [4.69, 9.17) is 14.2 Å². The van der Waals surface area contributed by atoms with Crippen LogP contribution in [0.1, 0.15) is 5.56 Å². The lowest BCUT2D eigenvalue weighted by atomic mass is 10.1. The fraction of sp³-hybridized carbons (Fsp3) is 0.222. The van der Waals surface area contributed by atoms with Gasteiger partial charge < -0.3 is 18.8 Å². The third kappa shape index (κ3) is 4.00. The highest BCUT2D eigenvalue weighted by atomic mass is 32.2. The lowest BCUT2D eigenvalue weighted by Gasteiger charge is -2.13. The van der Waals surface area contributed by atoms with Crippen molar-refractivity contribution in [2.45, 2.75) is 11.8 Å². The van der Waals surface area contributed by atoms with Crippen LogP contribution in [0.2, 0.25) is 0 Å². The molecule has 0 aliphatic heterocycles. The Morgan fingerprint density at radius 2 is 1.75 bits per heavy atom. The van der Waals surface area contributed by atoms with Crippen LogP contribution in [-0.2, 0) is 21.8 Å². The van der Waals surface area contributed by atoms with Gasteiger partial charge in [0.05, 0.1) is 29.8 Å². The normalized spacial score (nSPS) is 11.9. The van der Waals surface area contributed by atoms with Gasteiger partial charge >= 0.3 is 0 Å². The third-order valence-corrected chi connectivity index (χ3v) is 7.89. The first-order valence-electron chi connectivity index (χ1n) is 11.4. The van der Waals surface area contributed by atoms with Crippen LogP contribution < -0.4 is 9.47 Å². The zero-order chi connectivity index (χ0) is 25.4. The summed E-state index contributed by atoms with van der Waals surface area (Å²) in [5, 5.41) is 1.56. The first kappa shape index (κ1) is 23.9. The first-order valence-corrected chi connectivity index (χ1v) is 12.9. The average Bonchev–Trinajstić information content (AvgIpc) is 3.42. The van der Waals surface area contributed by atoms with Crippen molar-refractivity contribution in [3.05, 3.63) is 72.6 Å². The molecule has 0 fully saturated rings. The summed E-state index contributed by atoms with van der Waals surface area (Å²) in [5.74, 6) is 1.14. The Morgan fingerprint density at radius 3 is 2.47 bits per heavy atom. The smallest absolute Gasteiger partial charge is 0.269 e. The van der Waals surface area contributed by atoms with E-state index < -0.39 is 10.0 Å². The molecule has 5 aromatic rings. The molecule has 0 bridgehead atoms. The molecule has 8 nitrogen and oxygen atoms in total. The second-order valence-electron chi connectivity index (χ2n) is 8.54. The zero-order valence-electron chi connectivity index (χ0n) is 20.6. The van der Waals surface area contributed by atoms with Crippen molar-refractivity contribution in [2.75, 3.05) is 27.4 Å². The second-order valence-corrected chi connectivity index (χ2v) is 10.3. The minimum absolute atomic E-state index is 0.198. The van der Waals surface area contributed by atoms with Crippen molar-refractivity contribution in [3.63, 3.8) is 0 Å². The number of fused-ring (bicyclic) bond motifs is 2. The number of pyridine rings is 1. The van der Waals surface area contributed by atoms with E-state index in [0.717, 1.165) is 27.4 Å². The fourth-order valence-electron chi connectivity index (χ4n) is 4.36. The van der Waals surface area contributed by atoms with Gasteiger partial charge in [-0.25, -0.2) is 17.4 Å². The Morgan fingerprint density at radius 1 is 0.972 bits per heavy atom. The molecule has 5 rings (SSSR count). The van der Waals surface area contributed by atoms with Gasteiger partial charge in [0, 0.05) is 49.0 Å². The van der Waals surface area contributed by atoms with E-state index in [1.807, 2.05) is 49.0 Å². The topological polar surface area (TPSA) is 84.6 Å². The van der Waals surface area contributed by atoms with Crippen molar-refractivity contribution in [2.24, 2.45) is 7.05 Å². The quantitative estimate of drug-likeness (QED) is 0.282. The second kappa shape index (κ2) is 9.33. The predicted molar refractivity (Wildman–Crippen MR) is 139 cm³/mol. The van der Waals surface area contributed by atoms with Crippen molar-refractivity contribution >= 4 is 32.0 Å². The molecule has 0 radical (unpaired) electrons. The van der Waals surface area contributed by atoms with E-state index in [0.29, 0.717) is 36.1 Å². The molecule has 0 amide bonds. The van der Waals surface area contributed by atoms with Crippen LogP contribution in [0.15, 0.2) is 71.9 Å². The van der Waals surface area contributed by atoms with Gasteiger partial charge in [0.1, 0.15) is 6.61 Å². The summed E-state index contributed by atoms with van der Waals surface area (Å²) in [6, 6.07) is 16.1. The van der Waals surface area contributed by atoms with Gasteiger partial charge in [-0.3, -0.25) is 0 Å². The summed E-state index contributed by atoms with van der Waals surface area (Å²) in [4.78, 5) is 4.63. The van der Waals surface area contributed by atoms with Gasteiger partial charge in [0.15, 0.2) is 17.1 Å². The molecule has 9 heteroatoms. The van der Waals surface area contributed by atoms with E-state index in [1.54, 1.807) is 50.7 Å². The molecule has 0 spiro atoms. The number of nitrogens with zero attached hydrogens (tertiary/aromatic N) is 3. The Hall–Kier alpha value is -3.82. The van der Waals surface area contributed by atoms with Crippen LogP contribution in [0, 0.1) is 6.92 Å². The number of rotatable bonds is 8. The Bertz CT molecular complexity index is 1670. The van der Waals surface area contributed by atoms with Crippen LogP contribution in [0.4, 0.5) is 0 Å². The van der Waals surface area contributed by atoms with Crippen molar-refractivity contribution in [1.29, 1.82) is 0 Å². The van der Waals surface area contributed by atoms with Gasteiger partial charge in [-0.15, -0.1) is 0 Å². The molecule has 0 saturated heterocycles. The summed E-state index contributed by atoms with van der Waals surface area (Å²) >= 11 is 0. The summed E-state index contributed by atoms with van der Waals surface area (Å²) in [6.45, 7) is 2.75. The van der Waals surface area contributed by atoms with Gasteiger partial charge in [0.2, 0.25) is 0 Å². The number of hydrogen-bond acceptors (Lipinski definition) is 6. The largest absolute Gasteiger partial charge is 0.493 e. The van der Waals surface area contributed by atoms with Crippen molar-refractivity contribution < 1.29 is 22.6 Å². The van der Waals surface area contributed by atoms with Gasteiger partial charge in [0.25, 0.3) is 10.0 Å². The van der Waals surface area contributed by atoms with E-state index in [2.05, 4.69) is 4.98 Å². The minimum atomic E-state index is -3.94. The molecule has 0 saturated carbocycles. The maximum atomic E-state index is 13.9. The summed E-state index contributed by atoms with van der Waals surface area (Å²) < 4.78 is 47.7. The van der Waals surface area contributed by atoms with Crippen molar-refractivity contribution in [1.82, 2.24) is 13.5 Å². The SMILES string of the molecule is COCCOc1cc2c(cc1OC)c(-c1cc3cccnc3n1S(=O)(=O)c1ccc(C)cc1)cn2C. The molecule has 3 heterocycles. The van der Waals surface area contributed by atoms with Crippen LogP contribution in [0.25, 0.3) is 33.2 Å². The predicted octanol–water partition coefficient (Wildman–Crippen LogP) is 4.77. The highest BCUT2D eigenvalue weighted by Crippen LogP contribution is 2.40. The highest BCUT2D eigenvalue weighted by Gasteiger charge is 2.27. The molecule has 3 aromatic heterocycles. The number of aromatic nitrogens is 3. The van der Waals surface area contributed by atoms with Gasteiger partial charge in [-0.05, 0) is 43.3 Å². The zero-order valence-corrected chi connectivity index (χ0v) is 21.4. The number of methoxy groups -OCH3 is 2. The Balaban J connectivity index is 1.76. The molecule has 0 unspecified atom stereocenters. The highest BCUT2D eigenvalue weighted by molar-refractivity contribution is 7.90. The maximum absolute atomic E-state index is 13.9. The van der Waals surface area contributed by atoms with Gasteiger partial charge in [-0.2, -0.15) is 0 Å². The molecule has 0 N–H and O–H groups in total. The lowest BCUT2D eigenvalue weighted by Crippen LogP contribution is -2.14. The van der Waals surface area contributed by atoms with Crippen LogP contribution >= 0.6 is 0 Å². The molecule has 0 atom stereocenters. The molecule has 2 aromatic carbocycles. The summed E-state index contributed by atoms with van der Waals surface area (Å²) in [7, 11) is 1.17. The number of ether oxygens (including phenoxy) is 3. The molecule has 0 aliphatic carbocycles. The first-order chi connectivity index (χ1) is 17.3. The van der Waals surface area contributed by atoms with E-state index in [1.165, 1.54) is 3.97 Å². The standard InChI is InChI=1S/C27H27N3O5S/c1-18-7-9-20(10-8-18)36(31,32)30-24(14-19-6-5-11-28-27(19)30)22-17-29(2)23-16-26(35-13-12-33-3)25(34-4)15-21(22)23/h5-11,14-17H,12-13H2,1-4H3. The summed E-state index contributed by atoms with van der Waals surface area (Å²) in [5.41, 5.74) is 3.48. The average molecular weight is 506 g/mol. The summed E-state index contributed by atoms with van der Waals surface area (Å²) in [6.07, 6.45) is 3.52. The van der Waals surface area contributed by atoms with Crippen LogP contribution in [0.5, 0.6) is 11.5 Å². The molecule has 186 valence electrons. The monoisotopic (exact) mass is 505 g/mol. The number of aryl methyl sites for hydroxylation is 2. The molecule has 0 aliphatic rings. The Kier molecular flexibility index (Phi) is 6.19.